The summed E-state index contributed by atoms with van der Waals surface area (Å²) in [4.78, 5) is 12.2. The molecular weight excluding hydrogens is 218 g/mol. The predicted molar refractivity (Wildman–Crippen MR) is 66.9 cm³/mol. The highest BCUT2D eigenvalue weighted by Crippen LogP contribution is 2.24. The van der Waals surface area contributed by atoms with Crippen LogP contribution in [0.2, 0.25) is 0 Å². The molecule has 1 rings (SSSR count). The fourth-order valence-electron chi connectivity index (χ4n) is 1.85. The normalized spacial score (nSPS) is 25.3. The molecule has 1 fully saturated rings. The summed E-state index contributed by atoms with van der Waals surface area (Å²) in [5, 5.41) is 3.25. The molecule has 1 saturated heterocycles. The Balaban J connectivity index is 2.67. The van der Waals surface area contributed by atoms with Crippen molar-refractivity contribution in [3.05, 3.63) is 0 Å². The van der Waals surface area contributed by atoms with Gasteiger partial charge in [-0.3, -0.25) is 5.32 Å². The molecule has 0 aliphatic carbocycles. The van der Waals surface area contributed by atoms with E-state index in [4.69, 9.17) is 9.47 Å². The molecule has 1 aliphatic rings. The number of nitrogens with one attached hydrogen (secondary N) is 1. The second-order valence-corrected chi connectivity index (χ2v) is 5.97. The second kappa shape index (κ2) is 5.36. The molecule has 0 bridgehead atoms. The van der Waals surface area contributed by atoms with Crippen LogP contribution in [-0.4, -0.2) is 36.4 Å². The maximum atomic E-state index is 12.2. The van der Waals surface area contributed by atoms with E-state index < -0.39 is 11.1 Å². The second-order valence-electron chi connectivity index (χ2n) is 5.97. The zero-order chi connectivity index (χ0) is 13.1. The van der Waals surface area contributed by atoms with Gasteiger partial charge in [-0.2, -0.15) is 0 Å². The molecule has 4 heteroatoms. The number of rotatable bonds is 4. The van der Waals surface area contributed by atoms with Crippen LogP contribution in [0.15, 0.2) is 0 Å². The molecular formula is C13H25NO3. The van der Waals surface area contributed by atoms with E-state index >= 15 is 0 Å². The molecule has 1 aliphatic heterocycles. The van der Waals surface area contributed by atoms with E-state index in [-0.39, 0.29) is 12.1 Å². The molecule has 0 radical (unpaired) electrons. The monoisotopic (exact) mass is 243 g/mol. The van der Waals surface area contributed by atoms with Crippen LogP contribution in [0.4, 0.5) is 0 Å². The summed E-state index contributed by atoms with van der Waals surface area (Å²) in [5.41, 5.74) is -1.09. The smallest absolute Gasteiger partial charge is 0.329 e. The summed E-state index contributed by atoms with van der Waals surface area (Å²) >= 11 is 0. The third kappa shape index (κ3) is 4.28. The molecule has 0 aromatic heterocycles. The van der Waals surface area contributed by atoms with Crippen molar-refractivity contribution in [1.29, 1.82) is 0 Å². The molecule has 0 aromatic carbocycles. The Morgan fingerprint density at radius 3 is 2.47 bits per heavy atom. The van der Waals surface area contributed by atoms with E-state index in [1.165, 1.54) is 0 Å². The van der Waals surface area contributed by atoms with Crippen molar-refractivity contribution in [1.82, 2.24) is 5.32 Å². The van der Waals surface area contributed by atoms with Gasteiger partial charge < -0.3 is 9.47 Å². The molecule has 1 N–H and O–H groups in total. The summed E-state index contributed by atoms with van der Waals surface area (Å²) in [5.74, 6) is -0.192. The molecule has 0 saturated carbocycles. The van der Waals surface area contributed by atoms with Crippen LogP contribution in [0, 0.1) is 0 Å². The number of ether oxygens (including phenoxy) is 2. The third-order valence-electron chi connectivity index (χ3n) is 2.70. The Morgan fingerprint density at radius 1 is 1.41 bits per heavy atom. The highest BCUT2D eigenvalue weighted by atomic mass is 16.6. The van der Waals surface area contributed by atoms with Gasteiger partial charge >= 0.3 is 5.97 Å². The third-order valence-corrected chi connectivity index (χ3v) is 2.70. The molecule has 0 aromatic rings. The Morgan fingerprint density at radius 2 is 2.06 bits per heavy atom. The number of esters is 1. The van der Waals surface area contributed by atoms with Crippen LogP contribution in [-0.2, 0) is 14.3 Å². The van der Waals surface area contributed by atoms with Crippen molar-refractivity contribution in [3.8, 4) is 0 Å². The molecule has 1 heterocycles. The van der Waals surface area contributed by atoms with E-state index in [1.54, 1.807) is 0 Å². The average molecular weight is 243 g/mol. The first-order chi connectivity index (χ1) is 7.75. The fourth-order valence-corrected chi connectivity index (χ4v) is 1.85. The van der Waals surface area contributed by atoms with Gasteiger partial charge in [0.1, 0.15) is 11.1 Å². The Bertz CT molecular complexity index is 262. The number of carbonyl (C=O) groups is 1. The highest BCUT2D eigenvalue weighted by Gasteiger charge is 2.44. The predicted octanol–water partition coefficient (Wildman–Crippen LogP) is 1.88. The van der Waals surface area contributed by atoms with Gasteiger partial charge in [0.05, 0.1) is 12.7 Å². The summed E-state index contributed by atoms with van der Waals surface area (Å²) in [6, 6.07) is 0. The molecule has 1 atom stereocenters. The van der Waals surface area contributed by atoms with Gasteiger partial charge in [0.2, 0.25) is 0 Å². The Hall–Kier alpha value is -0.610. The molecule has 1 unspecified atom stereocenters. The Kier molecular flexibility index (Phi) is 4.55. The van der Waals surface area contributed by atoms with Gasteiger partial charge in [-0.1, -0.05) is 0 Å². The van der Waals surface area contributed by atoms with Crippen molar-refractivity contribution >= 4 is 5.97 Å². The van der Waals surface area contributed by atoms with E-state index in [0.29, 0.717) is 6.61 Å². The minimum absolute atomic E-state index is 0.122. The SMILES string of the molecule is CC(C)OCC1(C(=O)OC(C)(C)C)CCCN1. The van der Waals surface area contributed by atoms with Crippen molar-refractivity contribution in [3.63, 3.8) is 0 Å². The van der Waals surface area contributed by atoms with Gasteiger partial charge in [-0.05, 0) is 54.0 Å². The van der Waals surface area contributed by atoms with Crippen LogP contribution in [0.25, 0.3) is 0 Å². The molecule has 100 valence electrons. The zero-order valence-corrected chi connectivity index (χ0v) is 11.6. The van der Waals surface area contributed by atoms with Crippen molar-refractivity contribution < 1.29 is 14.3 Å². The number of hydrogen-bond acceptors (Lipinski definition) is 4. The number of hydrogen-bond donors (Lipinski definition) is 1. The van der Waals surface area contributed by atoms with E-state index in [2.05, 4.69) is 5.32 Å². The first-order valence-electron chi connectivity index (χ1n) is 6.35. The summed E-state index contributed by atoms with van der Waals surface area (Å²) in [6.07, 6.45) is 1.90. The minimum atomic E-state index is -0.641. The van der Waals surface area contributed by atoms with Gasteiger partial charge in [-0.15, -0.1) is 0 Å². The minimum Gasteiger partial charge on any atom is -0.459 e. The lowest BCUT2D eigenvalue weighted by Gasteiger charge is -2.31. The summed E-state index contributed by atoms with van der Waals surface area (Å²) in [6.45, 7) is 10.8. The van der Waals surface area contributed by atoms with Crippen LogP contribution >= 0.6 is 0 Å². The highest BCUT2D eigenvalue weighted by molar-refractivity contribution is 5.81. The van der Waals surface area contributed by atoms with Crippen LogP contribution in [0.3, 0.4) is 0 Å². The molecule has 0 spiro atoms. The van der Waals surface area contributed by atoms with E-state index in [9.17, 15) is 4.79 Å². The maximum Gasteiger partial charge on any atom is 0.329 e. The van der Waals surface area contributed by atoms with Gasteiger partial charge in [0, 0.05) is 0 Å². The lowest BCUT2D eigenvalue weighted by Crippen LogP contribution is -2.54. The largest absolute Gasteiger partial charge is 0.459 e. The van der Waals surface area contributed by atoms with Crippen LogP contribution in [0.5, 0.6) is 0 Å². The zero-order valence-electron chi connectivity index (χ0n) is 11.6. The fraction of sp³-hybridized carbons (Fsp3) is 0.923. The van der Waals surface area contributed by atoms with E-state index in [1.807, 2.05) is 34.6 Å². The van der Waals surface area contributed by atoms with Gasteiger partial charge in [0.15, 0.2) is 0 Å². The molecule has 17 heavy (non-hydrogen) atoms. The molecule has 0 amide bonds. The first kappa shape index (κ1) is 14.5. The van der Waals surface area contributed by atoms with Crippen molar-refractivity contribution in [2.24, 2.45) is 0 Å². The summed E-state index contributed by atoms with van der Waals surface area (Å²) in [7, 11) is 0. The van der Waals surface area contributed by atoms with Crippen LogP contribution < -0.4 is 5.32 Å². The first-order valence-corrected chi connectivity index (χ1v) is 6.35. The maximum absolute atomic E-state index is 12.2. The standard InChI is InChI=1S/C13H25NO3/c1-10(2)16-9-13(7-6-8-14-13)11(15)17-12(3,4)5/h10,14H,6-9H2,1-5H3. The van der Waals surface area contributed by atoms with Crippen molar-refractivity contribution in [2.45, 2.75) is 64.7 Å². The summed E-state index contributed by atoms with van der Waals surface area (Å²) < 4.78 is 11.1. The number of carbonyl (C=O) groups excluding carboxylic acids is 1. The quantitative estimate of drug-likeness (QED) is 0.766. The van der Waals surface area contributed by atoms with Crippen LogP contribution in [0.1, 0.15) is 47.5 Å². The molecule has 4 nitrogen and oxygen atoms in total. The Labute approximate surface area is 104 Å². The lowest BCUT2D eigenvalue weighted by molar-refractivity contribution is -0.166. The van der Waals surface area contributed by atoms with Gasteiger partial charge in [-0.25, -0.2) is 4.79 Å². The lowest BCUT2D eigenvalue weighted by atomic mass is 9.98. The topological polar surface area (TPSA) is 47.6 Å². The van der Waals surface area contributed by atoms with Gasteiger partial charge in [0.25, 0.3) is 0 Å². The van der Waals surface area contributed by atoms with E-state index in [0.717, 1.165) is 19.4 Å². The average Bonchev–Trinajstić information content (AvgIpc) is 2.61. The van der Waals surface area contributed by atoms with Crippen molar-refractivity contribution in [2.75, 3.05) is 13.2 Å².